The number of nitrogens with zero attached hydrogens (tertiary/aromatic N) is 4. The third-order valence-electron chi connectivity index (χ3n) is 7.38. The molecule has 2 saturated heterocycles. The largest absolute Gasteiger partial charge is 0.453 e. The molecule has 0 saturated carbocycles. The highest BCUT2D eigenvalue weighted by atomic mass is 32.2. The van der Waals surface area contributed by atoms with Crippen LogP contribution >= 0.6 is 0 Å². The number of sulfonamides is 1. The highest BCUT2D eigenvalue weighted by molar-refractivity contribution is 7.89. The number of hydrogen-bond acceptors (Lipinski definition) is 6. The molecule has 0 spiro atoms. The minimum Gasteiger partial charge on any atom is -0.453 e. The van der Waals surface area contributed by atoms with Crippen molar-refractivity contribution in [3.8, 4) is 0 Å². The van der Waals surface area contributed by atoms with Crippen LogP contribution in [0.5, 0.6) is 0 Å². The van der Waals surface area contributed by atoms with E-state index in [1.807, 2.05) is 0 Å². The Hall–Kier alpha value is -3.65. The predicted molar refractivity (Wildman–Crippen MR) is 139 cm³/mol. The minimum absolute atomic E-state index is 0.0757. The lowest BCUT2D eigenvalue weighted by molar-refractivity contribution is -0.141. The molecular formula is C26H28F3N5O5S. The molecule has 40 heavy (non-hydrogen) atoms. The van der Waals surface area contributed by atoms with E-state index in [0.29, 0.717) is 31.6 Å². The number of aromatic nitrogens is 2. The van der Waals surface area contributed by atoms with E-state index >= 15 is 0 Å². The molecule has 2 amide bonds. The lowest BCUT2D eigenvalue weighted by Crippen LogP contribution is -2.37. The average Bonchev–Trinajstić information content (AvgIpc) is 3.61. The quantitative estimate of drug-likeness (QED) is 0.481. The van der Waals surface area contributed by atoms with E-state index in [-0.39, 0.29) is 29.4 Å². The number of alkyl halides is 3. The number of nitrogens with one attached hydrogen (secondary N) is 1. The average molecular weight is 580 g/mol. The van der Waals surface area contributed by atoms with Gasteiger partial charge < -0.3 is 9.64 Å². The van der Waals surface area contributed by atoms with Gasteiger partial charge in [-0.05, 0) is 73.6 Å². The summed E-state index contributed by atoms with van der Waals surface area (Å²) in [6.07, 6.45) is -1.65. The van der Waals surface area contributed by atoms with Crippen molar-refractivity contribution in [3.05, 3.63) is 59.4 Å². The van der Waals surface area contributed by atoms with Crippen LogP contribution in [0.2, 0.25) is 0 Å². The number of hydrogen-bond donors (Lipinski definition) is 1. The van der Waals surface area contributed by atoms with Crippen LogP contribution in [-0.2, 0) is 20.9 Å². The number of ether oxygens (including phenoxy) is 1. The summed E-state index contributed by atoms with van der Waals surface area (Å²) >= 11 is 0. The van der Waals surface area contributed by atoms with E-state index in [9.17, 15) is 31.2 Å². The van der Waals surface area contributed by atoms with Crippen LogP contribution in [0.1, 0.15) is 53.2 Å². The molecule has 5 rings (SSSR count). The molecule has 0 bridgehead atoms. The first-order chi connectivity index (χ1) is 19.0. The predicted octanol–water partition coefficient (Wildman–Crippen LogP) is 4.34. The molecule has 1 aromatic carbocycles. The van der Waals surface area contributed by atoms with E-state index in [4.69, 9.17) is 0 Å². The van der Waals surface area contributed by atoms with Crippen LogP contribution in [0, 0.1) is 0 Å². The number of halogens is 3. The van der Waals surface area contributed by atoms with Crippen molar-refractivity contribution in [3.63, 3.8) is 0 Å². The second-order valence-corrected chi connectivity index (χ2v) is 11.8. The summed E-state index contributed by atoms with van der Waals surface area (Å²) in [5.41, 5.74) is -0.433. The number of likely N-dealkylation sites (tertiary alicyclic amines) is 1. The first-order valence-corrected chi connectivity index (χ1v) is 14.3. The van der Waals surface area contributed by atoms with Crippen molar-refractivity contribution >= 4 is 33.2 Å². The maximum absolute atomic E-state index is 13.8. The van der Waals surface area contributed by atoms with Crippen LogP contribution in [0.15, 0.2) is 47.5 Å². The topological polar surface area (TPSA) is 113 Å². The molecule has 3 aromatic rings. The Morgan fingerprint density at radius 1 is 1.02 bits per heavy atom. The summed E-state index contributed by atoms with van der Waals surface area (Å²) in [4.78, 5) is 26.0. The van der Waals surface area contributed by atoms with Crippen LogP contribution in [0.25, 0.3) is 5.52 Å². The van der Waals surface area contributed by atoms with E-state index < -0.39 is 39.5 Å². The number of rotatable bonds is 5. The van der Waals surface area contributed by atoms with Gasteiger partial charge in [-0.1, -0.05) is 0 Å². The standard InChI is InChI=1S/C26H28F3N5O5S/c1-39-25(36)30-19-4-6-20(7-5-19)40(37,38)33-13-8-17(9-14-33)18-10-15-34-21(16-18)22(23(31-34)26(27,28)29)24(35)32-11-2-3-12-32/h4-7,10,15-17H,2-3,8-9,11-14H2,1H3,(H,30,36). The van der Waals surface area contributed by atoms with Gasteiger partial charge in [-0.3, -0.25) is 10.1 Å². The number of pyridine rings is 1. The number of carbonyl (C=O) groups is 2. The number of anilines is 1. The summed E-state index contributed by atoms with van der Waals surface area (Å²) in [5, 5.41) is 6.15. The van der Waals surface area contributed by atoms with Crippen LogP contribution in [0.3, 0.4) is 0 Å². The van der Waals surface area contributed by atoms with Crippen molar-refractivity contribution in [2.45, 2.75) is 42.7 Å². The van der Waals surface area contributed by atoms with Gasteiger partial charge in [0.2, 0.25) is 10.0 Å². The van der Waals surface area contributed by atoms with Gasteiger partial charge in [0.25, 0.3) is 5.91 Å². The lowest BCUT2D eigenvalue weighted by atomic mass is 9.90. The van der Waals surface area contributed by atoms with Gasteiger partial charge in [-0.15, -0.1) is 0 Å². The maximum atomic E-state index is 13.8. The smallest absolute Gasteiger partial charge is 0.436 e. The first kappa shape index (κ1) is 27.9. The van der Waals surface area contributed by atoms with Crippen molar-refractivity contribution in [2.24, 2.45) is 0 Å². The van der Waals surface area contributed by atoms with Gasteiger partial charge in [0.15, 0.2) is 5.69 Å². The SMILES string of the molecule is COC(=O)Nc1ccc(S(=O)(=O)N2CCC(c3ccn4nc(C(F)(F)F)c(C(=O)N5CCCC5)c4c3)CC2)cc1. The van der Waals surface area contributed by atoms with Gasteiger partial charge in [-0.2, -0.15) is 22.6 Å². The highest BCUT2D eigenvalue weighted by Crippen LogP contribution is 2.36. The number of amides is 2. The van der Waals surface area contributed by atoms with E-state index in [2.05, 4.69) is 15.2 Å². The number of carbonyl (C=O) groups excluding carboxylic acids is 2. The van der Waals surface area contributed by atoms with Gasteiger partial charge in [-0.25, -0.2) is 17.7 Å². The maximum Gasteiger partial charge on any atom is 0.436 e. The fourth-order valence-electron chi connectivity index (χ4n) is 5.26. The normalized spacial score (nSPS) is 17.4. The van der Waals surface area contributed by atoms with E-state index in [1.54, 1.807) is 12.1 Å². The zero-order valence-electron chi connectivity index (χ0n) is 21.6. The van der Waals surface area contributed by atoms with E-state index in [0.717, 1.165) is 22.9 Å². The summed E-state index contributed by atoms with van der Waals surface area (Å²) in [7, 11) is -2.57. The molecule has 14 heteroatoms. The molecule has 0 radical (unpaired) electrons. The molecule has 1 N–H and O–H groups in total. The van der Waals surface area contributed by atoms with Crippen LogP contribution < -0.4 is 5.32 Å². The molecular weight excluding hydrogens is 551 g/mol. The molecule has 0 unspecified atom stereocenters. The number of methoxy groups -OCH3 is 1. The fraction of sp³-hybridized carbons (Fsp3) is 0.423. The van der Waals surface area contributed by atoms with Gasteiger partial charge in [0, 0.05) is 38.1 Å². The molecule has 2 aromatic heterocycles. The summed E-state index contributed by atoms with van der Waals surface area (Å²) < 4.78 is 74.9. The Kier molecular flexibility index (Phi) is 7.48. The second kappa shape index (κ2) is 10.7. The third-order valence-corrected chi connectivity index (χ3v) is 9.30. The van der Waals surface area contributed by atoms with Crippen LogP contribution in [0.4, 0.5) is 23.7 Å². The van der Waals surface area contributed by atoms with Crippen molar-refractivity contribution < 1.29 is 35.9 Å². The van der Waals surface area contributed by atoms with Crippen molar-refractivity contribution in [1.82, 2.24) is 18.8 Å². The minimum atomic E-state index is -4.79. The fourth-order valence-corrected chi connectivity index (χ4v) is 6.73. The molecule has 2 aliphatic heterocycles. The Morgan fingerprint density at radius 3 is 2.27 bits per heavy atom. The van der Waals surface area contributed by atoms with Gasteiger partial charge in [0.1, 0.15) is 0 Å². The Balaban J connectivity index is 1.35. The highest BCUT2D eigenvalue weighted by Gasteiger charge is 2.42. The van der Waals surface area contributed by atoms with Crippen LogP contribution in [-0.4, -0.2) is 72.5 Å². The molecule has 2 fully saturated rings. The van der Waals surface area contributed by atoms with Crippen molar-refractivity contribution in [1.29, 1.82) is 0 Å². The molecule has 2 aliphatic rings. The Labute approximate surface area is 228 Å². The zero-order chi connectivity index (χ0) is 28.7. The van der Waals surface area contributed by atoms with Gasteiger partial charge >= 0.3 is 12.3 Å². The van der Waals surface area contributed by atoms with Gasteiger partial charge in [0.05, 0.1) is 23.1 Å². The lowest BCUT2D eigenvalue weighted by Gasteiger charge is -2.31. The molecule has 0 atom stereocenters. The monoisotopic (exact) mass is 579 g/mol. The van der Waals surface area contributed by atoms with E-state index in [1.165, 1.54) is 46.8 Å². The molecule has 4 heterocycles. The Morgan fingerprint density at radius 2 is 1.68 bits per heavy atom. The number of benzene rings is 1. The first-order valence-electron chi connectivity index (χ1n) is 12.8. The molecule has 0 aliphatic carbocycles. The summed E-state index contributed by atoms with van der Waals surface area (Å²) in [5.74, 6) is -0.784. The zero-order valence-corrected chi connectivity index (χ0v) is 22.5. The third kappa shape index (κ3) is 5.37. The Bertz CT molecular complexity index is 1520. The molecule has 214 valence electrons. The number of piperidine rings is 1. The number of fused-ring (bicyclic) bond motifs is 1. The summed E-state index contributed by atoms with van der Waals surface area (Å²) in [6, 6.07) is 8.98. The van der Waals surface area contributed by atoms with Crippen molar-refractivity contribution in [2.75, 3.05) is 38.6 Å². The second-order valence-electron chi connectivity index (χ2n) is 9.83. The summed E-state index contributed by atoms with van der Waals surface area (Å²) in [6.45, 7) is 1.25. The molecule has 10 nitrogen and oxygen atoms in total.